The molecule has 41 heavy (non-hydrogen) atoms. The minimum absolute atomic E-state index is 0.197. The number of unbranched alkanes of at least 4 members (excludes halogenated alkanes) is 2. The fourth-order valence-electron chi connectivity index (χ4n) is 4.86. The van der Waals surface area contributed by atoms with E-state index in [0.29, 0.717) is 36.5 Å². The predicted octanol–water partition coefficient (Wildman–Crippen LogP) is 5.15. The van der Waals surface area contributed by atoms with Crippen LogP contribution >= 0.6 is 0 Å². The molecule has 0 radical (unpaired) electrons. The standard InChI is InChI=1S/C31H40N4O6/c1-6-22(36)13-8-7-9-14-24(33-27(37)21-18-35(19-21)30(39)41-31(2,3)4)28-32-17-26(40-28)23-16-20-12-10-11-15-25(20)34(5)29(23)38/h10-12,15-17,21,24H,6-9,13-14,18-19H2,1-5H3,(H,33,37)/t24-/m0/s1. The minimum Gasteiger partial charge on any atom is -0.444 e. The molecular formula is C31H40N4O6. The van der Waals surface area contributed by atoms with Gasteiger partial charge in [-0.3, -0.25) is 14.4 Å². The number of para-hydroxylation sites is 1. The number of aryl methyl sites for hydroxylation is 1. The van der Waals surface area contributed by atoms with E-state index in [2.05, 4.69) is 10.3 Å². The number of amides is 2. The van der Waals surface area contributed by atoms with Crippen LogP contribution in [-0.2, 0) is 21.4 Å². The number of carbonyl (C=O) groups excluding carboxylic acids is 3. The first-order valence-electron chi connectivity index (χ1n) is 14.3. The number of aromatic nitrogens is 2. The van der Waals surface area contributed by atoms with Gasteiger partial charge < -0.3 is 23.9 Å². The summed E-state index contributed by atoms with van der Waals surface area (Å²) in [5.74, 6) is 0.325. The van der Waals surface area contributed by atoms with Gasteiger partial charge in [0.1, 0.15) is 17.4 Å². The maximum absolute atomic E-state index is 13.1. The maximum Gasteiger partial charge on any atom is 0.410 e. The van der Waals surface area contributed by atoms with Crippen LogP contribution < -0.4 is 10.9 Å². The Balaban J connectivity index is 1.48. The Kier molecular flexibility index (Phi) is 9.30. The normalized spacial score (nSPS) is 14.5. The molecule has 0 spiro atoms. The van der Waals surface area contributed by atoms with Gasteiger partial charge in [0.15, 0.2) is 5.76 Å². The van der Waals surface area contributed by atoms with Crippen LogP contribution in [0.4, 0.5) is 4.79 Å². The number of hydrogen-bond acceptors (Lipinski definition) is 7. The number of carbonyl (C=O) groups is 3. The van der Waals surface area contributed by atoms with Gasteiger partial charge in [0.25, 0.3) is 5.56 Å². The molecule has 0 bridgehead atoms. The second-order valence-corrected chi connectivity index (χ2v) is 11.7. The van der Waals surface area contributed by atoms with Crippen LogP contribution in [0, 0.1) is 5.92 Å². The summed E-state index contributed by atoms with van der Waals surface area (Å²) < 4.78 is 13.1. The third-order valence-electron chi connectivity index (χ3n) is 7.28. The van der Waals surface area contributed by atoms with E-state index >= 15 is 0 Å². The van der Waals surface area contributed by atoms with E-state index in [0.717, 1.165) is 30.2 Å². The first-order valence-corrected chi connectivity index (χ1v) is 14.3. The van der Waals surface area contributed by atoms with E-state index in [1.165, 1.54) is 11.1 Å². The molecule has 10 nitrogen and oxygen atoms in total. The lowest BCUT2D eigenvalue weighted by Gasteiger charge is -2.39. The van der Waals surface area contributed by atoms with E-state index in [9.17, 15) is 19.2 Å². The highest BCUT2D eigenvalue weighted by Gasteiger charge is 2.39. The van der Waals surface area contributed by atoms with Gasteiger partial charge in [-0.1, -0.05) is 38.0 Å². The zero-order valence-electron chi connectivity index (χ0n) is 24.6. The van der Waals surface area contributed by atoms with E-state index in [4.69, 9.17) is 9.15 Å². The van der Waals surface area contributed by atoms with Gasteiger partial charge in [0.2, 0.25) is 11.8 Å². The SMILES string of the molecule is CCC(=O)CCCCC[C@H](NC(=O)C1CN(C(=O)OC(C)(C)C)C1)c1ncc(-c2cc3ccccc3n(C)c2=O)o1. The van der Waals surface area contributed by atoms with Gasteiger partial charge in [-0.2, -0.15) is 0 Å². The van der Waals surface area contributed by atoms with E-state index < -0.39 is 17.7 Å². The van der Waals surface area contributed by atoms with Gasteiger partial charge in [0.05, 0.1) is 23.2 Å². The largest absolute Gasteiger partial charge is 0.444 e. The summed E-state index contributed by atoms with van der Waals surface area (Å²) in [7, 11) is 1.72. The summed E-state index contributed by atoms with van der Waals surface area (Å²) >= 11 is 0. The molecule has 1 N–H and O–H groups in total. The third-order valence-corrected chi connectivity index (χ3v) is 7.28. The lowest BCUT2D eigenvalue weighted by atomic mass is 9.98. The number of pyridine rings is 1. The van der Waals surface area contributed by atoms with E-state index in [1.54, 1.807) is 38.5 Å². The van der Waals surface area contributed by atoms with Crippen molar-refractivity contribution in [2.45, 2.75) is 77.9 Å². The highest BCUT2D eigenvalue weighted by molar-refractivity contribution is 5.84. The molecule has 0 saturated carbocycles. The number of fused-ring (bicyclic) bond motifs is 1. The molecule has 2 amide bonds. The number of oxazole rings is 1. The minimum atomic E-state index is -0.605. The van der Waals surface area contributed by atoms with Crippen molar-refractivity contribution < 1.29 is 23.5 Å². The fourth-order valence-corrected chi connectivity index (χ4v) is 4.86. The van der Waals surface area contributed by atoms with Crippen molar-refractivity contribution in [2.24, 2.45) is 13.0 Å². The first kappa shape index (κ1) is 30.0. The van der Waals surface area contributed by atoms with Crippen LogP contribution in [0.1, 0.15) is 78.2 Å². The summed E-state index contributed by atoms with van der Waals surface area (Å²) in [4.78, 5) is 56.2. The molecule has 1 aliphatic rings. The lowest BCUT2D eigenvalue weighted by Crippen LogP contribution is -2.56. The number of Topliss-reactive ketones (excluding diaryl/α,β-unsaturated/α-hetero) is 1. The van der Waals surface area contributed by atoms with Crippen LogP contribution in [-0.4, -0.2) is 50.9 Å². The molecule has 0 unspecified atom stereocenters. The number of nitrogens with zero attached hydrogens (tertiary/aromatic N) is 3. The molecular weight excluding hydrogens is 524 g/mol. The quantitative estimate of drug-likeness (QED) is 0.320. The number of ketones is 1. The van der Waals surface area contributed by atoms with Crippen LogP contribution in [0.15, 0.2) is 45.7 Å². The Morgan fingerprint density at radius 3 is 2.59 bits per heavy atom. The maximum atomic E-state index is 13.1. The summed E-state index contributed by atoms with van der Waals surface area (Å²) in [6, 6.07) is 8.89. The second-order valence-electron chi connectivity index (χ2n) is 11.7. The average Bonchev–Trinajstić information content (AvgIpc) is 3.37. The molecule has 3 heterocycles. The monoisotopic (exact) mass is 564 g/mol. The number of benzene rings is 1. The molecule has 1 aromatic carbocycles. The van der Waals surface area contributed by atoms with Crippen molar-refractivity contribution in [2.75, 3.05) is 13.1 Å². The molecule has 3 aromatic rings. The summed E-state index contributed by atoms with van der Waals surface area (Å²) in [6.45, 7) is 7.82. The number of nitrogens with one attached hydrogen (secondary N) is 1. The van der Waals surface area contributed by atoms with Crippen molar-refractivity contribution in [1.29, 1.82) is 0 Å². The van der Waals surface area contributed by atoms with Crippen molar-refractivity contribution >= 4 is 28.7 Å². The molecule has 0 aliphatic carbocycles. The fraction of sp³-hybridized carbons (Fsp3) is 0.516. The third kappa shape index (κ3) is 7.42. The number of ether oxygens (including phenoxy) is 1. The van der Waals surface area contributed by atoms with E-state index in [-0.39, 0.29) is 36.3 Å². The van der Waals surface area contributed by atoms with Gasteiger partial charge in [-0.25, -0.2) is 9.78 Å². The zero-order valence-corrected chi connectivity index (χ0v) is 24.6. The van der Waals surface area contributed by atoms with Crippen LogP contribution in [0.2, 0.25) is 0 Å². The van der Waals surface area contributed by atoms with Gasteiger partial charge >= 0.3 is 6.09 Å². The topological polar surface area (TPSA) is 124 Å². The lowest BCUT2D eigenvalue weighted by molar-refractivity contribution is -0.130. The Hall–Kier alpha value is -3.95. The van der Waals surface area contributed by atoms with Crippen molar-refractivity contribution in [1.82, 2.24) is 19.8 Å². The molecule has 220 valence electrons. The molecule has 1 saturated heterocycles. The summed E-state index contributed by atoms with van der Waals surface area (Å²) in [5.41, 5.74) is 0.393. The van der Waals surface area contributed by atoms with Crippen molar-refractivity contribution in [3.05, 3.63) is 52.8 Å². The Labute approximate surface area is 240 Å². The predicted molar refractivity (Wildman–Crippen MR) is 155 cm³/mol. The Morgan fingerprint density at radius 1 is 1.15 bits per heavy atom. The summed E-state index contributed by atoms with van der Waals surface area (Å²) in [6.07, 6.45) is 5.09. The molecule has 10 heteroatoms. The molecule has 1 atom stereocenters. The average molecular weight is 565 g/mol. The van der Waals surface area contributed by atoms with Gasteiger partial charge in [-0.15, -0.1) is 0 Å². The Bertz CT molecular complexity index is 1460. The highest BCUT2D eigenvalue weighted by atomic mass is 16.6. The van der Waals surface area contributed by atoms with Gasteiger partial charge in [0, 0.05) is 33.0 Å². The molecule has 1 aliphatic heterocycles. The van der Waals surface area contributed by atoms with Gasteiger partial charge in [-0.05, 0) is 51.1 Å². The summed E-state index contributed by atoms with van der Waals surface area (Å²) in [5, 5.41) is 3.95. The Morgan fingerprint density at radius 2 is 1.88 bits per heavy atom. The van der Waals surface area contributed by atoms with Crippen molar-refractivity contribution in [3.8, 4) is 11.3 Å². The second kappa shape index (κ2) is 12.7. The molecule has 4 rings (SSSR count). The first-order chi connectivity index (χ1) is 19.5. The molecule has 1 fully saturated rings. The van der Waals surface area contributed by atoms with E-state index in [1.807, 2.05) is 31.2 Å². The zero-order chi connectivity index (χ0) is 29.7. The van der Waals surface area contributed by atoms with Crippen LogP contribution in [0.3, 0.4) is 0 Å². The van der Waals surface area contributed by atoms with Crippen molar-refractivity contribution in [3.63, 3.8) is 0 Å². The highest BCUT2D eigenvalue weighted by Crippen LogP contribution is 2.28. The molecule has 2 aromatic heterocycles. The smallest absolute Gasteiger partial charge is 0.410 e. The number of rotatable bonds is 11. The van der Waals surface area contributed by atoms with Crippen LogP contribution in [0.5, 0.6) is 0 Å². The number of likely N-dealkylation sites (tertiary alicyclic amines) is 1. The number of hydrogen-bond donors (Lipinski definition) is 1. The van der Waals surface area contributed by atoms with Crippen LogP contribution in [0.25, 0.3) is 22.2 Å².